The molecule has 1 saturated heterocycles. The summed E-state index contributed by atoms with van der Waals surface area (Å²) in [6.45, 7) is 3.29. The fourth-order valence-electron chi connectivity index (χ4n) is 3.94. The number of rotatable bonds is 7. The van der Waals surface area contributed by atoms with Crippen LogP contribution in [0.1, 0.15) is 35.2 Å². The number of likely N-dealkylation sites (tertiary alicyclic amines) is 1. The Kier molecular flexibility index (Phi) is 7.21. The molecule has 2 unspecified atom stereocenters. The molecule has 2 aromatic rings. The SMILES string of the molecule is CCCNC(=O)C1CN(C(=O)c2ccccc2Cl)CC1c1cccc(OC)c1OC. The Labute approximate surface area is 182 Å². The van der Waals surface area contributed by atoms with Crippen molar-refractivity contribution in [2.24, 2.45) is 5.92 Å². The molecule has 0 bridgehead atoms. The third-order valence-electron chi connectivity index (χ3n) is 5.43. The number of carbonyl (C=O) groups excluding carboxylic acids is 2. The summed E-state index contributed by atoms with van der Waals surface area (Å²) in [6.07, 6.45) is 0.841. The van der Waals surface area contributed by atoms with Crippen LogP contribution in [0.5, 0.6) is 11.5 Å². The quantitative estimate of drug-likeness (QED) is 0.726. The number of methoxy groups -OCH3 is 2. The largest absolute Gasteiger partial charge is 0.493 e. The van der Waals surface area contributed by atoms with Crippen molar-refractivity contribution < 1.29 is 19.1 Å². The monoisotopic (exact) mass is 430 g/mol. The molecule has 0 spiro atoms. The Morgan fingerprint density at radius 3 is 2.53 bits per heavy atom. The lowest BCUT2D eigenvalue weighted by molar-refractivity contribution is -0.124. The molecule has 160 valence electrons. The highest BCUT2D eigenvalue weighted by molar-refractivity contribution is 6.33. The molecule has 2 amide bonds. The lowest BCUT2D eigenvalue weighted by Crippen LogP contribution is -2.36. The van der Waals surface area contributed by atoms with Gasteiger partial charge in [0.05, 0.1) is 30.7 Å². The van der Waals surface area contributed by atoms with Gasteiger partial charge in [-0.25, -0.2) is 0 Å². The van der Waals surface area contributed by atoms with Crippen molar-refractivity contribution in [3.63, 3.8) is 0 Å². The van der Waals surface area contributed by atoms with Crippen LogP contribution in [0.25, 0.3) is 0 Å². The second-order valence-corrected chi connectivity index (χ2v) is 7.68. The van der Waals surface area contributed by atoms with Crippen LogP contribution < -0.4 is 14.8 Å². The number of halogens is 1. The average Bonchev–Trinajstić information content (AvgIpc) is 3.22. The van der Waals surface area contributed by atoms with E-state index in [1.54, 1.807) is 43.4 Å². The first-order valence-electron chi connectivity index (χ1n) is 10.0. The number of amides is 2. The predicted octanol–water partition coefficient (Wildman–Crippen LogP) is 3.74. The zero-order chi connectivity index (χ0) is 21.7. The summed E-state index contributed by atoms with van der Waals surface area (Å²) in [5.41, 5.74) is 1.29. The number of hydrogen-bond acceptors (Lipinski definition) is 4. The van der Waals surface area contributed by atoms with Gasteiger partial charge in [0.15, 0.2) is 11.5 Å². The molecule has 6 nitrogen and oxygen atoms in total. The fourth-order valence-corrected chi connectivity index (χ4v) is 4.16. The summed E-state index contributed by atoms with van der Waals surface area (Å²) in [7, 11) is 3.16. The summed E-state index contributed by atoms with van der Waals surface area (Å²) in [5, 5.41) is 3.38. The number of carbonyl (C=O) groups is 2. The van der Waals surface area contributed by atoms with Crippen LogP contribution in [0.4, 0.5) is 0 Å². The second-order valence-electron chi connectivity index (χ2n) is 7.28. The van der Waals surface area contributed by atoms with Gasteiger partial charge in [-0.15, -0.1) is 0 Å². The first-order chi connectivity index (χ1) is 14.5. The average molecular weight is 431 g/mol. The van der Waals surface area contributed by atoms with Crippen molar-refractivity contribution in [1.82, 2.24) is 10.2 Å². The van der Waals surface area contributed by atoms with E-state index in [4.69, 9.17) is 21.1 Å². The van der Waals surface area contributed by atoms with Crippen LogP contribution in [0, 0.1) is 5.92 Å². The Bertz CT molecular complexity index is 918. The van der Waals surface area contributed by atoms with E-state index < -0.39 is 5.92 Å². The Hall–Kier alpha value is -2.73. The van der Waals surface area contributed by atoms with Gasteiger partial charge in [0.1, 0.15) is 0 Å². The second kappa shape index (κ2) is 9.85. The number of nitrogens with one attached hydrogen (secondary N) is 1. The minimum atomic E-state index is -0.399. The van der Waals surface area contributed by atoms with Crippen molar-refractivity contribution in [1.29, 1.82) is 0 Å². The van der Waals surface area contributed by atoms with Crippen LogP contribution >= 0.6 is 11.6 Å². The van der Waals surface area contributed by atoms with E-state index in [9.17, 15) is 9.59 Å². The number of para-hydroxylation sites is 1. The van der Waals surface area contributed by atoms with Crippen LogP contribution in [0.15, 0.2) is 42.5 Å². The summed E-state index contributed by atoms with van der Waals surface area (Å²) >= 11 is 6.24. The van der Waals surface area contributed by atoms with E-state index in [2.05, 4.69) is 5.32 Å². The van der Waals surface area contributed by atoms with Crippen molar-refractivity contribution >= 4 is 23.4 Å². The van der Waals surface area contributed by atoms with E-state index in [1.807, 2.05) is 25.1 Å². The highest BCUT2D eigenvalue weighted by Crippen LogP contribution is 2.42. The lowest BCUT2D eigenvalue weighted by Gasteiger charge is -2.21. The third-order valence-corrected chi connectivity index (χ3v) is 5.76. The maximum Gasteiger partial charge on any atom is 0.255 e. The molecule has 30 heavy (non-hydrogen) atoms. The van der Waals surface area contributed by atoms with Crippen molar-refractivity contribution in [2.75, 3.05) is 33.9 Å². The summed E-state index contributed by atoms with van der Waals surface area (Å²) in [5.74, 6) is 0.311. The van der Waals surface area contributed by atoms with E-state index in [1.165, 1.54) is 0 Å². The molecule has 0 aliphatic carbocycles. The maximum absolute atomic E-state index is 13.2. The van der Waals surface area contributed by atoms with E-state index >= 15 is 0 Å². The molecule has 0 radical (unpaired) electrons. The molecule has 2 aromatic carbocycles. The summed E-state index contributed by atoms with van der Waals surface area (Å²) in [4.78, 5) is 27.8. The highest BCUT2D eigenvalue weighted by atomic mass is 35.5. The van der Waals surface area contributed by atoms with Crippen LogP contribution in [-0.4, -0.2) is 50.6 Å². The summed E-state index contributed by atoms with van der Waals surface area (Å²) < 4.78 is 11.0. The molecule has 0 aromatic heterocycles. The normalized spacial score (nSPS) is 18.2. The van der Waals surface area contributed by atoms with Gasteiger partial charge in [0.25, 0.3) is 5.91 Å². The van der Waals surface area contributed by atoms with Crippen LogP contribution in [0.2, 0.25) is 5.02 Å². The van der Waals surface area contributed by atoms with E-state index in [-0.39, 0.29) is 17.7 Å². The molecule has 1 N–H and O–H groups in total. The van der Waals surface area contributed by atoms with E-state index in [0.29, 0.717) is 41.7 Å². The fraction of sp³-hybridized carbons (Fsp3) is 0.391. The van der Waals surface area contributed by atoms with E-state index in [0.717, 1.165) is 12.0 Å². The van der Waals surface area contributed by atoms with Crippen LogP contribution in [0.3, 0.4) is 0 Å². The Morgan fingerprint density at radius 2 is 1.87 bits per heavy atom. The molecule has 1 heterocycles. The zero-order valence-electron chi connectivity index (χ0n) is 17.5. The number of ether oxygens (including phenoxy) is 2. The van der Waals surface area contributed by atoms with Gasteiger partial charge >= 0.3 is 0 Å². The Balaban J connectivity index is 1.96. The molecule has 2 atom stereocenters. The van der Waals surface area contributed by atoms with Crippen molar-refractivity contribution in [3.8, 4) is 11.5 Å². The first kappa shape index (κ1) is 22.0. The number of hydrogen-bond donors (Lipinski definition) is 1. The molecular weight excluding hydrogens is 404 g/mol. The minimum Gasteiger partial charge on any atom is -0.493 e. The van der Waals surface area contributed by atoms with Gasteiger partial charge in [-0.3, -0.25) is 9.59 Å². The highest BCUT2D eigenvalue weighted by Gasteiger charge is 2.42. The molecule has 1 aliphatic rings. The lowest BCUT2D eigenvalue weighted by atomic mass is 9.87. The van der Waals surface area contributed by atoms with Crippen LogP contribution in [-0.2, 0) is 4.79 Å². The van der Waals surface area contributed by atoms with Gasteiger partial charge in [-0.1, -0.05) is 42.8 Å². The molecular formula is C23H27ClN2O4. The van der Waals surface area contributed by atoms with Gasteiger partial charge in [-0.05, 0) is 24.6 Å². The first-order valence-corrected chi connectivity index (χ1v) is 10.4. The number of nitrogens with zero attached hydrogens (tertiary/aromatic N) is 1. The predicted molar refractivity (Wildman–Crippen MR) is 116 cm³/mol. The number of benzene rings is 2. The minimum absolute atomic E-state index is 0.0684. The summed E-state index contributed by atoms with van der Waals surface area (Å²) in [6, 6.07) is 12.6. The molecule has 7 heteroatoms. The Morgan fingerprint density at radius 1 is 1.10 bits per heavy atom. The van der Waals surface area contributed by atoms with Gasteiger partial charge in [0.2, 0.25) is 5.91 Å². The van der Waals surface area contributed by atoms with Crippen molar-refractivity contribution in [3.05, 3.63) is 58.6 Å². The zero-order valence-corrected chi connectivity index (χ0v) is 18.2. The van der Waals surface area contributed by atoms with Gasteiger partial charge in [0, 0.05) is 31.1 Å². The standard InChI is InChI=1S/C23H27ClN2O4/c1-4-12-25-22(27)18-14-26(23(28)16-8-5-6-10-19(16)24)13-17(18)15-9-7-11-20(29-2)21(15)30-3/h5-11,17-18H,4,12-14H2,1-3H3,(H,25,27). The van der Waals surface area contributed by atoms with Gasteiger partial charge < -0.3 is 19.7 Å². The molecule has 1 fully saturated rings. The molecule has 3 rings (SSSR count). The third kappa shape index (κ3) is 4.38. The molecule has 1 aliphatic heterocycles. The topological polar surface area (TPSA) is 67.9 Å². The maximum atomic E-state index is 13.2. The van der Waals surface area contributed by atoms with Gasteiger partial charge in [-0.2, -0.15) is 0 Å². The molecule has 0 saturated carbocycles. The smallest absolute Gasteiger partial charge is 0.255 e. The van der Waals surface area contributed by atoms with Crippen molar-refractivity contribution in [2.45, 2.75) is 19.3 Å².